The van der Waals surface area contributed by atoms with Gasteiger partial charge in [0.25, 0.3) is 0 Å². The summed E-state index contributed by atoms with van der Waals surface area (Å²) < 4.78 is 0. The Bertz CT molecular complexity index is 355. The number of rotatable bonds is 3. The molecule has 1 aliphatic rings. The van der Waals surface area contributed by atoms with Crippen LogP contribution >= 0.6 is 11.3 Å². The Hall–Kier alpha value is -0.900. The van der Waals surface area contributed by atoms with E-state index >= 15 is 0 Å². The van der Waals surface area contributed by atoms with Gasteiger partial charge in [0.15, 0.2) is 5.13 Å². The van der Waals surface area contributed by atoms with E-state index in [1.807, 2.05) is 20.0 Å². The molecule has 3 nitrogen and oxygen atoms in total. The zero-order valence-electron chi connectivity index (χ0n) is 9.12. The van der Waals surface area contributed by atoms with Crippen LogP contribution in [0.25, 0.3) is 0 Å². The van der Waals surface area contributed by atoms with Crippen molar-refractivity contribution in [3.63, 3.8) is 0 Å². The lowest BCUT2D eigenvalue weighted by Crippen LogP contribution is -2.17. The first-order valence-electron chi connectivity index (χ1n) is 5.43. The Balaban J connectivity index is 1.97. The van der Waals surface area contributed by atoms with E-state index in [-0.39, 0.29) is 11.8 Å². The van der Waals surface area contributed by atoms with Crippen LogP contribution in [-0.2, 0) is 4.79 Å². The van der Waals surface area contributed by atoms with Crippen LogP contribution in [0.5, 0.6) is 0 Å². The van der Waals surface area contributed by atoms with Crippen molar-refractivity contribution in [1.82, 2.24) is 4.98 Å². The molecule has 1 aromatic heterocycles. The van der Waals surface area contributed by atoms with E-state index in [9.17, 15) is 4.79 Å². The highest BCUT2D eigenvalue weighted by atomic mass is 32.1. The predicted octanol–water partition coefficient (Wildman–Crippen LogP) is 3.01. The fraction of sp³-hybridized carbons (Fsp3) is 0.636. The van der Waals surface area contributed by atoms with Crippen molar-refractivity contribution in [1.29, 1.82) is 0 Å². The molecule has 82 valence electrons. The van der Waals surface area contributed by atoms with Gasteiger partial charge in [-0.3, -0.25) is 4.79 Å². The number of carbonyl (C=O) groups is 1. The van der Waals surface area contributed by atoms with Gasteiger partial charge in [-0.1, -0.05) is 20.3 Å². The SMILES string of the molecule is CC(C)C(=O)Nc1ncc(C2CCC2)s1. The molecule has 15 heavy (non-hydrogen) atoms. The molecule has 0 radical (unpaired) electrons. The third kappa shape index (κ3) is 2.37. The molecule has 1 aromatic rings. The summed E-state index contributed by atoms with van der Waals surface area (Å²) in [5, 5.41) is 3.58. The van der Waals surface area contributed by atoms with Crippen LogP contribution in [0.4, 0.5) is 5.13 Å². The number of aromatic nitrogens is 1. The van der Waals surface area contributed by atoms with E-state index in [4.69, 9.17) is 0 Å². The standard InChI is InChI=1S/C11H16N2OS/c1-7(2)10(14)13-11-12-6-9(15-11)8-4-3-5-8/h6-8H,3-5H2,1-2H3,(H,12,13,14). The lowest BCUT2D eigenvalue weighted by Gasteiger charge is -2.23. The minimum absolute atomic E-state index is 0.0149. The number of thiazole rings is 1. The highest BCUT2D eigenvalue weighted by Gasteiger charge is 2.22. The van der Waals surface area contributed by atoms with Crippen LogP contribution in [-0.4, -0.2) is 10.9 Å². The molecule has 0 unspecified atom stereocenters. The Morgan fingerprint density at radius 1 is 1.60 bits per heavy atom. The molecule has 0 aliphatic heterocycles. The van der Waals surface area contributed by atoms with Gasteiger partial charge in [-0.05, 0) is 18.8 Å². The van der Waals surface area contributed by atoms with E-state index in [2.05, 4.69) is 10.3 Å². The summed E-state index contributed by atoms with van der Waals surface area (Å²) >= 11 is 1.62. The average molecular weight is 224 g/mol. The lowest BCUT2D eigenvalue weighted by atomic mass is 9.85. The normalized spacial score (nSPS) is 16.5. The molecule has 1 aliphatic carbocycles. The van der Waals surface area contributed by atoms with Crippen molar-refractivity contribution < 1.29 is 4.79 Å². The molecule has 1 saturated carbocycles. The number of nitrogens with one attached hydrogen (secondary N) is 1. The first-order chi connectivity index (χ1) is 7.16. The van der Waals surface area contributed by atoms with Gasteiger partial charge in [-0.25, -0.2) is 4.98 Å². The van der Waals surface area contributed by atoms with Crippen molar-refractivity contribution in [3.8, 4) is 0 Å². The van der Waals surface area contributed by atoms with Crippen molar-refractivity contribution in [3.05, 3.63) is 11.1 Å². The number of hydrogen-bond acceptors (Lipinski definition) is 3. The van der Waals surface area contributed by atoms with Gasteiger partial charge in [0.05, 0.1) is 0 Å². The Kier molecular flexibility index (Phi) is 3.05. The van der Waals surface area contributed by atoms with Gasteiger partial charge >= 0.3 is 0 Å². The average Bonchev–Trinajstić information content (AvgIpc) is 2.49. The molecule has 0 aromatic carbocycles. The van der Waals surface area contributed by atoms with Gasteiger partial charge in [0.1, 0.15) is 0 Å². The van der Waals surface area contributed by atoms with E-state index in [0.29, 0.717) is 5.92 Å². The van der Waals surface area contributed by atoms with Crippen molar-refractivity contribution in [2.45, 2.75) is 39.0 Å². The third-order valence-corrected chi connectivity index (χ3v) is 3.86. The quantitative estimate of drug-likeness (QED) is 0.857. The van der Waals surface area contributed by atoms with Crippen molar-refractivity contribution in [2.24, 2.45) is 5.92 Å². The molecule has 1 amide bonds. The van der Waals surface area contributed by atoms with E-state index in [1.165, 1.54) is 24.1 Å². The second-order valence-electron chi connectivity index (χ2n) is 4.34. The maximum absolute atomic E-state index is 11.4. The molecule has 1 N–H and O–H groups in total. The van der Waals surface area contributed by atoms with Gasteiger partial charge in [0, 0.05) is 17.0 Å². The Labute approximate surface area is 93.9 Å². The molecule has 1 heterocycles. The Morgan fingerprint density at radius 2 is 2.33 bits per heavy atom. The highest BCUT2D eigenvalue weighted by Crippen LogP contribution is 2.39. The van der Waals surface area contributed by atoms with Crippen LogP contribution in [0, 0.1) is 5.92 Å². The minimum Gasteiger partial charge on any atom is -0.302 e. The van der Waals surface area contributed by atoms with Crippen LogP contribution in [0.2, 0.25) is 0 Å². The first-order valence-corrected chi connectivity index (χ1v) is 6.25. The number of carbonyl (C=O) groups excluding carboxylic acids is 1. The number of hydrogen-bond donors (Lipinski definition) is 1. The lowest BCUT2D eigenvalue weighted by molar-refractivity contribution is -0.118. The van der Waals surface area contributed by atoms with E-state index < -0.39 is 0 Å². The van der Waals surface area contributed by atoms with Crippen molar-refractivity contribution in [2.75, 3.05) is 5.32 Å². The maximum Gasteiger partial charge on any atom is 0.228 e. The zero-order chi connectivity index (χ0) is 10.8. The fourth-order valence-corrected chi connectivity index (χ4v) is 2.46. The number of anilines is 1. The summed E-state index contributed by atoms with van der Waals surface area (Å²) in [6, 6.07) is 0. The fourth-order valence-electron chi connectivity index (χ4n) is 1.48. The molecular formula is C11H16N2OS. The van der Waals surface area contributed by atoms with E-state index in [1.54, 1.807) is 11.3 Å². The summed E-state index contributed by atoms with van der Waals surface area (Å²) in [5.74, 6) is 0.762. The Morgan fingerprint density at radius 3 is 2.87 bits per heavy atom. The van der Waals surface area contributed by atoms with Gasteiger partial charge in [-0.15, -0.1) is 11.3 Å². The largest absolute Gasteiger partial charge is 0.302 e. The summed E-state index contributed by atoms with van der Waals surface area (Å²) in [7, 11) is 0. The summed E-state index contributed by atoms with van der Waals surface area (Å²) in [6.45, 7) is 3.77. The topological polar surface area (TPSA) is 42.0 Å². The molecule has 1 fully saturated rings. The molecule has 0 bridgehead atoms. The molecule has 2 rings (SSSR count). The molecule has 4 heteroatoms. The third-order valence-electron chi connectivity index (χ3n) is 2.79. The highest BCUT2D eigenvalue weighted by molar-refractivity contribution is 7.15. The van der Waals surface area contributed by atoms with Gasteiger partial charge in [0.2, 0.25) is 5.91 Å². The summed E-state index contributed by atoms with van der Waals surface area (Å²) in [5.41, 5.74) is 0. The molecule has 0 atom stereocenters. The first kappa shape index (κ1) is 10.6. The molecule has 0 spiro atoms. The minimum atomic E-state index is 0.0149. The van der Waals surface area contributed by atoms with Crippen LogP contribution in [0.15, 0.2) is 6.20 Å². The summed E-state index contributed by atoms with van der Waals surface area (Å²) in [6.07, 6.45) is 5.79. The van der Waals surface area contributed by atoms with Crippen molar-refractivity contribution >= 4 is 22.4 Å². The molecule has 0 saturated heterocycles. The number of nitrogens with zero attached hydrogens (tertiary/aromatic N) is 1. The van der Waals surface area contributed by atoms with Crippen LogP contribution < -0.4 is 5.32 Å². The monoisotopic (exact) mass is 224 g/mol. The second-order valence-corrected chi connectivity index (χ2v) is 5.40. The van der Waals surface area contributed by atoms with Crippen LogP contribution in [0.1, 0.15) is 43.9 Å². The smallest absolute Gasteiger partial charge is 0.228 e. The predicted molar refractivity (Wildman–Crippen MR) is 62.2 cm³/mol. The van der Waals surface area contributed by atoms with Gasteiger partial charge < -0.3 is 5.32 Å². The van der Waals surface area contributed by atoms with E-state index in [0.717, 1.165) is 5.13 Å². The van der Waals surface area contributed by atoms with Gasteiger partial charge in [-0.2, -0.15) is 0 Å². The number of amides is 1. The summed E-state index contributed by atoms with van der Waals surface area (Å²) in [4.78, 5) is 17.0. The van der Waals surface area contributed by atoms with Crippen LogP contribution in [0.3, 0.4) is 0 Å². The second kappa shape index (κ2) is 4.31. The zero-order valence-corrected chi connectivity index (χ0v) is 9.93. The maximum atomic E-state index is 11.4. The molecular weight excluding hydrogens is 208 g/mol.